The standard InChI is InChI=1S/C16H22N2O2/c1-12-11-15(8-7-14(12)5-4-10-17)18-16(19)9-6-13(2)20-3/h7-8,11,13H,6,9-10,17H2,1-3H3,(H,18,19). The molecular weight excluding hydrogens is 252 g/mol. The summed E-state index contributed by atoms with van der Waals surface area (Å²) >= 11 is 0. The van der Waals surface area contributed by atoms with Crippen molar-refractivity contribution < 1.29 is 9.53 Å². The Balaban J connectivity index is 2.60. The summed E-state index contributed by atoms with van der Waals surface area (Å²) in [6.45, 7) is 4.25. The molecule has 0 fully saturated rings. The molecule has 3 N–H and O–H groups in total. The highest BCUT2D eigenvalue weighted by Crippen LogP contribution is 2.15. The van der Waals surface area contributed by atoms with E-state index in [2.05, 4.69) is 17.2 Å². The number of benzene rings is 1. The van der Waals surface area contributed by atoms with Gasteiger partial charge >= 0.3 is 0 Å². The van der Waals surface area contributed by atoms with Gasteiger partial charge in [-0.25, -0.2) is 0 Å². The number of nitrogens with two attached hydrogens (primary N) is 1. The van der Waals surface area contributed by atoms with Gasteiger partial charge < -0.3 is 15.8 Å². The van der Waals surface area contributed by atoms with Crippen LogP contribution in [0.3, 0.4) is 0 Å². The second-order valence-electron chi connectivity index (χ2n) is 4.67. The zero-order chi connectivity index (χ0) is 15.0. The van der Waals surface area contributed by atoms with Crippen LogP contribution in [0.25, 0.3) is 0 Å². The molecule has 0 aliphatic rings. The molecule has 0 heterocycles. The Morgan fingerprint density at radius 1 is 1.50 bits per heavy atom. The van der Waals surface area contributed by atoms with E-state index in [1.807, 2.05) is 32.0 Å². The quantitative estimate of drug-likeness (QED) is 0.808. The first-order valence-corrected chi connectivity index (χ1v) is 6.69. The van der Waals surface area contributed by atoms with Crippen molar-refractivity contribution in [2.24, 2.45) is 5.73 Å². The van der Waals surface area contributed by atoms with Crippen molar-refractivity contribution in [3.8, 4) is 11.8 Å². The first-order chi connectivity index (χ1) is 9.56. The Bertz CT molecular complexity index is 515. The summed E-state index contributed by atoms with van der Waals surface area (Å²) in [7, 11) is 1.65. The van der Waals surface area contributed by atoms with Gasteiger partial charge in [0, 0.05) is 24.8 Å². The van der Waals surface area contributed by atoms with Crippen molar-refractivity contribution in [1.29, 1.82) is 0 Å². The van der Waals surface area contributed by atoms with Crippen LogP contribution in [0.4, 0.5) is 5.69 Å². The highest BCUT2D eigenvalue weighted by atomic mass is 16.5. The molecule has 0 saturated carbocycles. The monoisotopic (exact) mass is 274 g/mol. The molecule has 4 heteroatoms. The van der Waals surface area contributed by atoms with E-state index < -0.39 is 0 Å². The van der Waals surface area contributed by atoms with Gasteiger partial charge in [-0.15, -0.1) is 0 Å². The molecule has 1 rings (SSSR count). The molecule has 4 nitrogen and oxygen atoms in total. The van der Waals surface area contributed by atoms with Crippen LogP contribution < -0.4 is 11.1 Å². The number of nitrogens with one attached hydrogen (secondary N) is 1. The summed E-state index contributed by atoms with van der Waals surface area (Å²) < 4.78 is 5.12. The van der Waals surface area contributed by atoms with Crippen LogP contribution in [0.5, 0.6) is 0 Å². The zero-order valence-corrected chi connectivity index (χ0v) is 12.3. The van der Waals surface area contributed by atoms with Crippen LogP contribution in [0, 0.1) is 18.8 Å². The predicted octanol–water partition coefficient (Wildman–Crippen LogP) is 2.06. The summed E-state index contributed by atoms with van der Waals surface area (Å²) in [6, 6.07) is 5.66. The largest absolute Gasteiger partial charge is 0.382 e. The van der Waals surface area contributed by atoms with E-state index >= 15 is 0 Å². The van der Waals surface area contributed by atoms with E-state index in [9.17, 15) is 4.79 Å². The summed E-state index contributed by atoms with van der Waals surface area (Å²) in [5.41, 5.74) is 8.09. The molecule has 0 aromatic heterocycles. The fourth-order valence-electron chi connectivity index (χ4n) is 1.70. The van der Waals surface area contributed by atoms with Crippen molar-refractivity contribution in [2.75, 3.05) is 19.0 Å². The number of carbonyl (C=O) groups is 1. The lowest BCUT2D eigenvalue weighted by atomic mass is 10.1. The van der Waals surface area contributed by atoms with Crippen LogP contribution in [0.1, 0.15) is 30.9 Å². The summed E-state index contributed by atoms with van der Waals surface area (Å²) in [5.74, 6) is 5.81. The number of anilines is 1. The molecule has 0 aliphatic carbocycles. The second-order valence-corrected chi connectivity index (χ2v) is 4.67. The van der Waals surface area contributed by atoms with Crippen molar-refractivity contribution in [2.45, 2.75) is 32.8 Å². The van der Waals surface area contributed by atoms with Gasteiger partial charge in [-0.1, -0.05) is 11.8 Å². The van der Waals surface area contributed by atoms with Gasteiger partial charge in [0.15, 0.2) is 0 Å². The SMILES string of the molecule is COC(C)CCC(=O)Nc1ccc(C#CCN)c(C)c1. The van der Waals surface area contributed by atoms with Crippen LogP contribution in [0.15, 0.2) is 18.2 Å². The Morgan fingerprint density at radius 2 is 2.25 bits per heavy atom. The Hall–Kier alpha value is -1.83. The predicted molar refractivity (Wildman–Crippen MR) is 81.4 cm³/mol. The molecule has 0 spiro atoms. The number of amides is 1. The fourth-order valence-corrected chi connectivity index (χ4v) is 1.70. The minimum atomic E-state index is -0.00547. The second kappa shape index (κ2) is 8.36. The van der Waals surface area contributed by atoms with E-state index in [1.165, 1.54) is 0 Å². The van der Waals surface area contributed by atoms with Crippen molar-refractivity contribution >= 4 is 11.6 Å². The number of methoxy groups -OCH3 is 1. The third kappa shape index (κ3) is 5.43. The fraction of sp³-hybridized carbons (Fsp3) is 0.438. The van der Waals surface area contributed by atoms with Gasteiger partial charge in [0.25, 0.3) is 0 Å². The van der Waals surface area contributed by atoms with Gasteiger partial charge in [-0.3, -0.25) is 4.79 Å². The first kappa shape index (κ1) is 16.2. The van der Waals surface area contributed by atoms with Gasteiger partial charge in [0.2, 0.25) is 5.91 Å². The summed E-state index contributed by atoms with van der Waals surface area (Å²) in [5, 5.41) is 2.88. The van der Waals surface area contributed by atoms with Crippen molar-refractivity contribution in [3.63, 3.8) is 0 Å². The summed E-state index contributed by atoms with van der Waals surface area (Å²) in [4.78, 5) is 11.8. The molecule has 1 atom stereocenters. The molecule has 20 heavy (non-hydrogen) atoms. The molecule has 0 radical (unpaired) electrons. The molecule has 1 aromatic carbocycles. The molecule has 1 amide bonds. The number of aryl methyl sites for hydroxylation is 1. The van der Waals surface area contributed by atoms with Gasteiger partial charge in [0.1, 0.15) is 0 Å². The van der Waals surface area contributed by atoms with Crippen LogP contribution in [-0.4, -0.2) is 25.7 Å². The molecule has 1 unspecified atom stereocenters. The van der Waals surface area contributed by atoms with E-state index in [1.54, 1.807) is 7.11 Å². The number of ether oxygens (including phenoxy) is 1. The molecule has 1 aromatic rings. The van der Waals surface area contributed by atoms with Crippen molar-refractivity contribution in [1.82, 2.24) is 0 Å². The first-order valence-electron chi connectivity index (χ1n) is 6.69. The number of hydrogen-bond acceptors (Lipinski definition) is 3. The topological polar surface area (TPSA) is 64.3 Å². The third-order valence-electron chi connectivity index (χ3n) is 3.02. The Kier molecular flexibility index (Phi) is 6.78. The number of hydrogen-bond donors (Lipinski definition) is 2. The third-order valence-corrected chi connectivity index (χ3v) is 3.02. The van der Waals surface area contributed by atoms with Crippen LogP contribution in [0.2, 0.25) is 0 Å². The maximum Gasteiger partial charge on any atom is 0.224 e. The summed E-state index contributed by atoms with van der Waals surface area (Å²) in [6.07, 6.45) is 1.25. The maximum absolute atomic E-state index is 11.8. The van der Waals surface area contributed by atoms with Crippen molar-refractivity contribution in [3.05, 3.63) is 29.3 Å². The molecule has 0 aliphatic heterocycles. The average Bonchev–Trinajstić information content (AvgIpc) is 2.44. The molecule has 0 saturated heterocycles. The van der Waals surface area contributed by atoms with E-state index in [-0.39, 0.29) is 12.0 Å². The Labute approximate surface area is 120 Å². The normalized spacial score (nSPS) is 11.4. The van der Waals surface area contributed by atoms with Gasteiger partial charge in [-0.05, 0) is 44.0 Å². The lowest BCUT2D eigenvalue weighted by Gasteiger charge is -2.10. The Morgan fingerprint density at radius 3 is 2.85 bits per heavy atom. The lowest BCUT2D eigenvalue weighted by Crippen LogP contribution is -2.15. The zero-order valence-electron chi connectivity index (χ0n) is 12.3. The molecular formula is C16H22N2O2. The van der Waals surface area contributed by atoms with Crippen LogP contribution >= 0.6 is 0 Å². The van der Waals surface area contributed by atoms with Gasteiger partial charge in [-0.2, -0.15) is 0 Å². The number of rotatable bonds is 5. The van der Waals surface area contributed by atoms with E-state index in [0.29, 0.717) is 19.4 Å². The number of carbonyl (C=O) groups excluding carboxylic acids is 1. The highest BCUT2D eigenvalue weighted by Gasteiger charge is 2.07. The minimum absolute atomic E-state index is 0.00547. The van der Waals surface area contributed by atoms with E-state index in [0.717, 1.165) is 16.8 Å². The highest BCUT2D eigenvalue weighted by molar-refractivity contribution is 5.90. The smallest absolute Gasteiger partial charge is 0.224 e. The van der Waals surface area contributed by atoms with Gasteiger partial charge in [0.05, 0.1) is 12.6 Å². The molecule has 0 bridgehead atoms. The minimum Gasteiger partial charge on any atom is -0.382 e. The average molecular weight is 274 g/mol. The van der Waals surface area contributed by atoms with E-state index in [4.69, 9.17) is 10.5 Å². The van der Waals surface area contributed by atoms with Crippen LogP contribution in [-0.2, 0) is 9.53 Å². The maximum atomic E-state index is 11.8. The lowest BCUT2D eigenvalue weighted by molar-refractivity contribution is -0.116. The molecule has 108 valence electrons.